The number of fused-ring (bicyclic) bond motifs is 8. The second-order valence-corrected chi connectivity index (χ2v) is 14.0. The first-order valence-electron chi connectivity index (χ1n) is 18.7. The van der Waals surface area contributed by atoms with Crippen LogP contribution in [0.3, 0.4) is 0 Å². The fourth-order valence-corrected chi connectivity index (χ4v) is 8.28. The smallest absolute Gasteiger partial charge is 0.159 e. The van der Waals surface area contributed by atoms with Crippen molar-refractivity contribution in [1.29, 1.82) is 0 Å². The van der Waals surface area contributed by atoms with Crippen molar-refractivity contribution in [2.45, 2.75) is 0 Å². The molecule has 0 saturated carbocycles. The molecule has 0 aliphatic heterocycles. The Morgan fingerprint density at radius 1 is 0.309 bits per heavy atom. The van der Waals surface area contributed by atoms with Crippen molar-refractivity contribution in [3.05, 3.63) is 200 Å². The highest BCUT2D eigenvalue weighted by Gasteiger charge is 2.24. The van der Waals surface area contributed by atoms with Crippen molar-refractivity contribution in [1.82, 2.24) is 0 Å². The average molecular weight is 704 g/mol. The molecule has 0 amide bonds. The maximum atomic E-state index is 6.69. The molecule has 0 aliphatic carbocycles. The molecule has 11 rings (SSSR count). The van der Waals surface area contributed by atoms with E-state index in [2.05, 4.69) is 193 Å². The van der Waals surface area contributed by atoms with Crippen LogP contribution in [0.15, 0.2) is 209 Å². The predicted octanol–water partition coefficient (Wildman–Crippen LogP) is 15.1. The lowest BCUT2D eigenvalue weighted by atomic mass is 9.96. The molecule has 0 radical (unpaired) electrons. The van der Waals surface area contributed by atoms with Gasteiger partial charge in [0.05, 0.1) is 11.4 Å². The molecule has 0 N–H and O–H groups in total. The second kappa shape index (κ2) is 12.6. The second-order valence-electron chi connectivity index (χ2n) is 14.0. The minimum absolute atomic E-state index is 0.845. The molecule has 0 spiro atoms. The quantitative estimate of drug-likeness (QED) is 0.173. The molecule has 3 heteroatoms. The maximum absolute atomic E-state index is 6.69. The van der Waals surface area contributed by atoms with Crippen LogP contribution >= 0.6 is 0 Å². The summed E-state index contributed by atoms with van der Waals surface area (Å²) in [6.07, 6.45) is 0. The highest BCUT2D eigenvalue weighted by atomic mass is 16.3. The van der Waals surface area contributed by atoms with Gasteiger partial charge in [0.2, 0.25) is 0 Å². The SMILES string of the molecule is c1ccc(-c2ccc(-c3ccc(N(c4ccccc4-c4cccc5oc6c7ccccc7ccc6c45)c4cccc5c4oc4ccccc45)cc3)cc2)cc1. The summed E-state index contributed by atoms with van der Waals surface area (Å²) in [5, 5.41) is 6.67. The van der Waals surface area contributed by atoms with Gasteiger partial charge in [-0.3, -0.25) is 0 Å². The molecule has 11 aromatic rings. The van der Waals surface area contributed by atoms with E-state index < -0.39 is 0 Å². The third-order valence-corrected chi connectivity index (χ3v) is 10.9. The first-order valence-corrected chi connectivity index (χ1v) is 18.7. The number of anilines is 3. The lowest BCUT2D eigenvalue weighted by Gasteiger charge is -2.28. The van der Waals surface area contributed by atoms with Gasteiger partial charge in [-0.25, -0.2) is 0 Å². The first kappa shape index (κ1) is 31.2. The van der Waals surface area contributed by atoms with Gasteiger partial charge < -0.3 is 13.7 Å². The predicted molar refractivity (Wildman–Crippen MR) is 229 cm³/mol. The number of hydrogen-bond acceptors (Lipinski definition) is 3. The average Bonchev–Trinajstić information content (AvgIpc) is 3.84. The van der Waals surface area contributed by atoms with Gasteiger partial charge in [-0.2, -0.15) is 0 Å². The van der Waals surface area contributed by atoms with Crippen LogP contribution in [0.25, 0.3) is 88.0 Å². The third-order valence-electron chi connectivity index (χ3n) is 10.9. The van der Waals surface area contributed by atoms with Crippen molar-refractivity contribution < 1.29 is 8.83 Å². The number of hydrogen-bond donors (Lipinski definition) is 0. The molecular formula is C52H33NO2. The molecular weight excluding hydrogens is 671 g/mol. The molecule has 3 nitrogen and oxygen atoms in total. The van der Waals surface area contributed by atoms with Crippen LogP contribution in [0.4, 0.5) is 17.1 Å². The molecule has 0 saturated heterocycles. The maximum Gasteiger partial charge on any atom is 0.159 e. The van der Waals surface area contributed by atoms with E-state index in [1.807, 2.05) is 12.1 Å². The number of rotatable bonds is 6. The molecule has 0 atom stereocenters. The van der Waals surface area contributed by atoms with Gasteiger partial charge >= 0.3 is 0 Å². The lowest BCUT2D eigenvalue weighted by Crippen LogP contribution is -2.11. The van der Waals surface area contributed by atoms with E-state index in [1.54, 1.807) is 0 Å². The highest BCUT2D eigenvalue weighted by molar-refractivity contribution is 6.20. The van der Waals surface area contributed by atoms with Crippen LogP contribution in [0, 0.1) is 0 Å². The molecule has 0 aliphatic rings. The Morgan fingerprint density at radius 3 is 1.69 bits per heavy atom. The number of furan rings is 2. The van der Waals surface area contributed by atoms with E-state index >= 15 is 0 Å². The lowest BCUT2D eigenvalue weighted by molar-refractivity contribution is 0.669. The molecule has 55 heavy (non-hydrogen) atoms. The van der Waals surface area contributed by atoms with Crippen molar-refractivity contribution in [2.24, 2.45) is 0 Å². The molecule has 258 valence electrons. The van der Waals surface area contributed by atoms with Gasteiger partial charge in [0.15, 0.2) is 5.58 Å². The summed E-state index contributed by atoms with van der Waals surface area (Å²) in [7, 11) is 0. The van der Waals surface area contributed by atoms with Gasteiger partial charge in [-0.1, -0.05) is 158 Å². The molecule has 0 bridgehead atoms. The molecule has 2 heterocycles. The zero-order valence-electron chi connectivity index (χ0n) is 29.8. The zero-order chi connectivity index (χ0) is 36.3. The van der Waals surface area contributed by atoms with Crippen LogP contribution < -0.4 is 4.90 Å². The Balaban J connectivity index is 1.10. The standard InChI is InChI=1S/C52H33NO2/c1-2-12-34(13-3-1)35-24-26-36(27-25-35)37-28-31-39(32-29-37)53(47-21-10-19-44-42-17-7-9-22-48(42)54-52(44)47)46-20-8-6-16-41(46)43-18-11-23-49-50(43)45-33-30-38-14-4-5-15-40(38)51(45)55-49/h1-33H. The van der Waals surface area contributed by atoms with Crippen LogP contribution in [0.5, 0.6) is 0 Å². The van der Waals surface area contributed by atoms with Crippen molar-refractivity contribution in [3.8, 4) is 33.4 Å². The van der Waals surface area contributed by atoms with Crippen LogP contribution in [-0.2, 0) is 0 Å². The number of benzene rings is 9. The molecule has 9 aromatic carbocycles. The highest BCUT2D eigenvalue weighted by Crippen LogP contribution is 2.48. The summed E-state index contributed by atoms with van der Waals surface area (Å²) >= 11 is 0. The van der Waals surface area contributed by atoms with Gasteiger partial charge in [-0.05, 0) is 75.7 Å². The molecule has 2 aromatic heterocycles. The number of para-hydroxylation sites is 3. The summed E-state index contributed by atoms with van der Waals surface area (Å²) in [5.41, 5.74) is 13.5. The summed E-state index contributed by atoms with van der Waals surface area (Å²) in [4.78, 5) is 2.35. The van der Waals surface area contributed by atoms with E-state index in [-0.39, 0.29) is 0 Å². The van der Waals surface area contributed by atoms with E-state index in [9.17, 15) is 0 Å². The third kappa shape index (κ3) is 5.13. The molecule has 0 fully saturated rings. The van der Waals surface area contributed by atoms with Crippen LogP contribution in [0.2, 0.25) is 0 Å². The van der Waals surface area contributed by atoms with E-state index in [1.165, 1.54) is 16.7 Å². The van der Waals surface area contributed by atoms with Crippen LogP contribution in [0.1, 0.15) is 0 Å². The monoisotopic (exact) mass is 703 g/mol. The Hall–Kier alpha value is -7.36. The van der Waals surface area contributed by atoms with Gasteiger partial charge in [0.1, 0.15) is 16.7 Å². The van der Waals surface area contributed by atoms with Crippen molar-refractivity contribution >= 4 is 71.7 Å². The Bertz CT molecular complexity index is 3190. The fourth-order valence-electron chi connectivity index (χ4n) is 8.28. The summed E-state index contributed by atoms with van der Waals surface area (Å²) in [6, 6.07) is 70.8. The summed E-state index contributed by atoms with van der Waals surface area (Å²) < 4.78 is 13.3. The Kier molecular flexibility index (Phi) is 7.17. The Labute approximate surface area is 317 Å². The minimum atomic E-state index is 0.845. The topological polar surface area (TPSA) is 29.5 Å². The van der Waals surface area contributed by atoms with Gasteiger partial charge in [0.25, 0.3) is 0 Å². The minimum Gasteiger partial charge on any atom is -0.455 e. The summed E-state index contributed by atoms with van der Waals surface area (Å²) in [6.45, 7) is 0. The van der Waals surface area contributed by atoms with Crippen molar-refractivity contribution in [2.75, 3.05) is 4.90 Å². The zero-order valence-corrected chi connectivity index (χ0v) is 29.8. The largest absolute Gasteiger partial charge is 0.455 e. The fraction of sp³-hybridized carbons (Fsp3) is 0. The van der Waals surface area contributed by atoms with Crippen molar-refractivity contribution in [3.63, 3.8) is 0 Å². The summed E-state index contributed by atoms with van der Waals surface area (Å²) in [5.74, 6) is 0. The van der Waals surface area contributed by atoms with Crippen LogP contribution in [-0.4, -0.2) is 0 Å². The van der Waals surface area contributed by atoms with E-state index in [4.69, 9.17) is 8.83 Å². The van der Waals surface area contributed by atoms with Gasteiger partial charge in [0, 0.05) is 38.2 Å². The number of nitrogens with zero attached hydrogens (tertiary/aromatic N) is 1. The van der Waals surface area contributed by atoms with E-state index in [0.717, 1.165) is 88.4 Å². The molecule has 0 unspecified atom stereocenters. The first-order chi connectivity index (χ1) is 27.3. The Morgan fingerprint density at radius 2 is 0.873 bits per heavy atom. The van der Waals surface area contributed by atoms with E-state index in [0.29, 0.717) is 0 Å². The van der Waals surface area contributed by atoms with Gasteiger partial charge in [-0.15, -0.1) is 0 Å². The normalized spacial score (nSPS) is 11.6.